The molecule has 0 aliphatic carbocycles. The SMILES string of the molecule is O=C1OC(c2ccccc2F)=N/C1=C\c1cc(Br)c(OC(=O)c2ccccc2Cl)c(Br)c1. The lowest BCUT2D eigenvalue weighted by Gasteiger charge is -2.10. The topological polar surface area (TPSA) is 65.0 Å². The Hall–Kier alpha value is -2.81. The summed E-state index contributed by atoms with van der Waals surface area (Å²) in [5.74, 6) is -1.74. The Morgan fingerprint density at radius 1 is 1.06 bits per heavy atom. The summed E-state index contributed by atoms with van der Waals surface area (Å²) >= 11 is 12.8. The van der Waals surface area contributed by atoms with Gasteiger partial charge in [-0.1, -0.05) is 35.9 Å². The normalized spacial score (nSPS) is 14.3. The van der Waals surface area contributed by atoms with Gasteiger partial charge in [0.15, 0.2) is 11.4 Å². The smallest absolute Gasteiger partial charge is 0.363 e. The van der Waals surface area contributed by atoms with Crippen molar-refractivity contribution in [2.24, 2.45) is 4.99 Å². The molecule has 1 aliphatic heterocycles. The molecule has 0 radical (unpaired) electrons. The Morgan fingerprint density at radius 2 is 1.72 bits per heavy atom. The van der Waals surface area contributed by atoms with Crippen molar-refractivity contribution in [1.29, 1.82) is 0 Å². The van der Waals surface area contributed by atoms with E-state index in [1.54, 1.807) is 42.5 Å². The summed E-state index contributed by atoms with van der Waals surface area (Å²) in [4.78, 5) is 28.8. The molecule has 3 aromatic carbocycles. The third-order valence-electron chi connectivity index (χ3n) is 4.34. The van der Waals surface area contributed by atoms with E-state index in [4.69, 9.17) is 21.1 Å². The highest BCUT2D eigenvalue weighted by molar-refractivity contribution is 9.11. The first-order valence-electron chi connectivity index (χ1n) is 9.06. The van der Waals surface area contributed by atoms with Crippen molar-refractivity contribution in [3.63, 3.8) is 0 Å². The molecule has 9 heteroatoms. The minimum Gasteiger partial charge on any atom is -0.420 e. The molecule has 0 aromatic heterocycles. The Balaban J connectivity index is 1.61. The maximum absolute atomic E-state index is 14.0. The molecule has 0 saturated carbocycles. The van der Waals surface area contributed by atoms with Gasteiger partial charge in [0, 0.05) is 0 Å². The predicted molar refractivity (Wildman–Crippen MR) is 125 cm³/mol. The quantitative estimate of drug-likeness (QED) is 0.199. The van der Waals surface area contributed by atoms with Crippen molar-refractivity contribution in [3.8, 4) is 5.75 Å². The fraction of sp³-hybridized carbons (Fsp3) is 0. The largest absolute Gasteiger partial charge is 0.420 e. The van der Waals surface area contributed by atoms with Gasteiger partial charge in [-0.3, -0.25) is 0 Å². The van der Waals surface area contributed by atoms with Gasteiger partial charge < -0.3 is 9.47 Å². The van der Waals surface area contributed by atoms with E-state index in [0.29, 0.717) is 14.5 Å². The van der Waals surface area contributed by atoms with Crippen LogP contribution in [0.3, 0.4) is 0 Å². The number of esters is 2. The lowest BCUT2D eigenvalue weighted by molar-refractivity contribution is -0.129. The number of ether oxygens (including phenoxy) is 2. The molecular formula is C23H11Br2ClFNO4. The van der Waals surface area contributed by atoms with Gasteiger partial charge in [0.05, 0.1) is 25.1 Å². The van der Waals surface area contributed by atoms with E-state index >= 15 is 0 Å². The zero-order valence-electron chi connectivity index (χ0n) is 15.9. The Bertz CT molecular complexity index is 1300. The molecule has 0 amide bonds. The number of hydrogen-bond acceptors (Lipinski definition) is 5. The van der Waals surface area contributed by atoms with Crippen LogP contribution >= 0.6 is 43.5 Å². The van der Waals surface area contributed by atoms with E-state index in [1.165, 1.54) is 24.3 Å². The molecule has 1 aliphatic rings. The maximum Gasteiger partial charge on any atom is 0.363 e. The summed E-state index contributed by atoms with van der Waals surface area (Å²) in [6.45, 7) is 0. The summed E-state index contributed by atoms with van der Waals surface area (Å²) in [5.41, 5.74) is 0.881. The summed E-state index contributed by atoms with van der Waals surface area (Å²) < 4.78 is 25.5. The van der Waals surface area contributed by atoms with Crippen molar-refractivity contribution in [2.75, 3.05) is 0 Å². The molecule has 0 unspecified atom stereocenters. The first-order valence-corrected chi connectivity index (χ1v) is 11.0. The predicted octanol–water partition coefficient (Wildman–Crippen LogP) is 6.57. The summed E-state index contributed by atoms with van der Waals surface area (Å²) in [5, 5.41) is 0.273. The zero-order valence-corrected chi connectivity index (χ0v) is 19.9. The van der Waals surface area contributed by atoms with Crippen LogP contribution in [0.4, 0.5) is 4.39 Å². The van der Waals surface area contributed by atoms with E-state index in [-0.39, 0.29) is 33.5 Å². The molecule has 4 rings (SSSR count). The molecular weight excluding hydrogens is 569 g/mol. The third-order valence-corrected chi connectivity index (χ3v) is 5.84. The highest BCUT2D eigenvalue weighted by Crippen LogP contribution is 2.36. The van der Waals surface area contributed by atoms with Crippen LogP contribution in [0, 0.1) is 5.82 Å². The molecule has 5 nitrogen and oxygen atoms in total. The number of benzene rings is 3. The van der Waals surface area contributed by atoms with Gasteiger partial charge in [0.25, 0.3) is 0 Å². The van der Waals surface area contributed by atoms with Gasteiger partial charge in [-0.2, -0.15) is 0 Å². The van der Waals surface area contributed by atoms with Crippen LogP contribution in [0.2, 0.25) is 5.02 Å². The molecule has 3 aromatic rings. The fourth-order valence-corrected chi connectivity index (χ4v) is 4.45. The number of hydrogen-bond donors (Lipinski definition) is 0. The number of halogens is 4. The zero-order chi connectivity index (χ0) is 22.8. The van der Waals surface area contributed by atoms with E-state index in [2.05, 4.69) is 36.9 Å². The second-order valence-electron chi connectivity index (χ2n) is 6.50. The van der Waals surface area contributed by atoms with Crippen LogP contribution in [0.15, 0.2) is 80.3 Å². The highest BCUT2D eigenvalue weighted by Gasteiger charge is 2.26. The Morgan fingerprint density at radius 3 is 2.41 bits per heavy atom. The van der Waals surface area contributed by atoms with E-state index < -0.39 is 17.8 Å². The summed E-state index contributed by atoms with van der Waals surface area (Å²) in [6, 6.07) is 15.7. The molecule has 0 atom stereocenters. The van der Waals surface area contributed by atoms with Crippen molar-refractivity contribution in [2.45, 2.75) is 0 Å². The monoisotopic (exact) mass is 577 g/mol. The van der Waals surface area contributed by atoms with Crippen molar-refractivity contribution >= 4 is 67.4 Å². The van der Waals surface area contributed by atoms with Crippen LogP contribution in [-0.2, 0) is 9.53 Å². The standard InChI is InChI=1S/C23H11Br2ClFNO4/c24-15-9-12(10-16(25)20(15)31-22(29)13-5-1-3-7-17(13)26)11-19-23(30)32-21(28-19)14-6-2-4-8-18(14)27/h1-11H/b19-11-. The molecule has 1 heterocycles. The van der Waals surface area contributed by atoms with Crippen molar-refractivity contribution in [3.05, 3.63) is 103 Å². The number of carbonyl (C=O) groups is 2. The average Bonchev–Trinajstić information content (AvgIpc) is 3.11. The second kappa shape index (κ2) is 9.36. The van der Waals surface area contributed by atoms with E-state index in [1.807, 2.05) is 0 Å². The van der Waals surface area contributed by atoms with Gasteiger partial charge in [-0.25, -0.2) is 19.0 Å². The first-order chi connectivity index (χ1) is 15.3. The molecule has 0 fully saturated rings. The van der Waals surface area contributed by atoms with Crippen LogP contribution in [0.5, 0.6) is 5.75 Å². The molecule has 160 valence electrons. The second-order valence-corrected chi connectivity index (χ2v) is 8.61. The van der Waals surface area contributed by atoms with Gasteiger partial charge in [-0.15, -0.1) is 0 Å². The first kappa shape index (κ1) is 22.4. The maximum atomic E-state index is 14.0. The molecule has 0 saturated heterocycles. The lowest BCUT2D eigenvalue weighted by atomic mass is 10.2. The van der Waals surface area contributed by atoms with E-state index in [9.17, 15) is 14.0 Å². The van der Waals surface area contributed by atoms with Gasteiger partial charge >= 0.3 is 11.9 Å². The lowest BCUT2D eigenvalue weighted by Crippen LogP contribution is -2.10. The van der Waals surface area contributed by atoms with Crippen LogP contribution in [-0.4, -0.2) is 17.8 Å². The van der Waals surface area contributed by atoms with Crippen LogP contribution in [0.25, 0.3) is 6.08 Å². The summed E-state index contributed by atoms with van der Waals surface area (Å²) in [7, 11) is 0. The highest BCUT2D eigenvalue weighted by atomic mass is 79.9. The van der Waals surface area contributed by atoms with Crippen LogP contribution in [0.1, 0.15) is 21.5 Å². The minimum absolute atomic E-state index is 0.00265. The van der Waals surface area contributed by atoms with Gasteiger partial charge in [0.1, 0.15) is 5.82 Å². The number of rotatable bonds is 4. The number of carbonyl (C=O) groups excluding carboxylic acids is 2. The average molecular weight is 580 g/mol. The number of nitrogens with zero attached hydrogens (tertiary/aromatic N) is 1. The van der Waals surface area contributed by atoms with Crippen molar-refractivity contribution in [1.82, 2.24) is 0 Å². The third kappa shape index (κ3) is 4.67. The fourth-order valence-electron chi connectivity index (χ4n) is 2.85. The van der Waals surface area contributed by atoms with Gasteiger partial charge in [0.2, 0.25) is 5.90 Å². The minimum atomic E-state index is -0.704. The molecule has 0 spiro atoms. The van der Waals surface area contributed by atoms with Crippen LogP contribution < -0.4 is 4.74 Å². The Labute approximate surface area is 203 Å². The molecule has 0 bridgehead atoms. The number of aliphatic imine (C=N–C) groups is 1. The van der Waals surface area contributed by atoms with Crippen molar-refractivity contribution < 1.29 is 23.5 Å². The number of cyclic esters (lactones) is 1. The molecule has 0 N–H and O–H groups in total. The summed E-state index contributed by atoms with van der Waals surface area (Å²) in [6.07, 6.45) is 1.48. The molecule has 32 heavy (non-hydrogen) atoms. The van der Waals surface area contributed by atoms with E-state index in [0.717, 1.165) is 0 Å². The van der Waals surface area contributed by atoms with Gasteiger partial charge in [-0.05, 0) is 79.9 Å². The Kier molecular flexibility index (Phi) is 6.55.